The summed E-state index contributed by atoms with van der Waals surface area (Å²) in [5.74, 6) is -1.06. The molecule has 0 N–H and O–H groups in total. The van der Waals surface area contributed by atoms with Crippen LogP contribution in [-0.4, -0.2) is 11.1 Å². The molecule has 16 heavy (non-hydrogen) atoms. The first-order valence-corrected chi connectivity index (χ1v) is 4.26. The molecular formula is C11H11NO4. The van der Waals surface area contributed by atoms with Crippen LogP contribution < -0.4 is 0 Å². The monoisotopic (exact) mass is 221 g/mol. The van der Waals surface area contributed by atoms with Gasteiger partial charge >= 0.3 is 11.1 Å². The fourth-order valence-electron chi connectivity index (χ4n) is 0.700. The number of nitrogens with zero attached hydrogens (tertiary/aromatic N) is 1. The molecule has 0 aliphatic carbocycles. The highest BCUT2D eigenvalue weighted by Crippen LogP contribution is 1.97. The standard InChI is InChI=1S/C8H8.C3H3NO4/c1-2-8-6-4-3-5-7-8;1-2-3(5)8-4(6)7/h2-7H,1H2;2H,1H2. The summed E-state index contributed by atoms with van der Waals surface area (Å²) in [4.78, 5) is 22.5. The van der Waals surface area contributed by atoms with Gasteiger partial charge in [-0.1, -0.05) is 49.6 Å². The van der Waals surface area contributed by atoms with Gasteiger partial charge in [0.1, 0.15) is 0 Å². The molecule has 5 heteroatoms. The van der Waals surface area contributed by atoms with E-state index in [1.807, 2.05) is 36.4 Å². The third-order valence-corrected chi connectivity index (χ3v) is 1.37. The highest BCUT2D eigenvalue weighted by atomic mass is 17.0. The van der Waals surface area contributed by atoms with Gasteiger partial charge in [-0.2, -0.15) is 0 Å². The Hall–Kier alpha value is -2.43. The minimum absolute atomic E-state index is 0.711. The van der Waals surface area contributed by atoms with E-state index in [-0.39, 0.29) is 0 Å². The Balaban J connectivity index is 0.000000281. The molecule has 0 radical (unpaired) electrons. The number of hydrogen-bond donors (Lipinski definition) is 0. The van der Waals surface area contributed by atoms with Crippen molar-refractivity contribution in [2.24, 2.45) is 0 Å². The summed E-state index contributed by atoms with van der Waals surface area (Å²) in [7, 11) is 0. The summed E-state index contributed by atoms with van der Waals surface area (Å²) in [5.41, 5.74) is 1.17. The summed E-state index contributed by atoms with van der Waals surface area (Å²) in [6.07, 6.45) is 2.54. The highest BCUT2D eigenvalue weighted by molar-refractivity contribution is 5.80. The summed E-state index contributed by atoms with van der Waals surface area (Å²) < 4.78 is 0. The van der Waals surface area contributed by atoms with Crippen LogP contribution in [0.2, 0.25) is 0 Å². The van der Waals surface area contributed by atoms with Crippen LogP contribution in [0.1, 0.15) is 5.56 Å². The maximum atomic E-state index is 9.84. The second-order valence-corrected chi connectivity index (χ2v) is 2.45. The quantitative estimate of drug-likeness (QED) is 0.446. The van der Waals surface area contributed by atoms with Gasteiger partial charge in [-0.25, -0.2) is 4.84 Å². The highest BCUT2D eigenvalue weighted by Gasteiger charge is 1.98. The molecule has 84 valence electrons. The molecule has 0 spiro atoms. The van der Waals surface area contributed by atoms with E-state index in [9.17, 15) is 14.9 Å². The summed E-state index contributed by atoms with van der Waals surface area (Å²) in [5, 5.41) is 8.09. The number of carbonyl (C=O) groups excluding carboxylic acids is 1. The van der Waals surface area contributed by atoms with Gasteiger partial charge in [-0.05, 0) is 5.56 Å². The lowest BCUT2D eigenvalue weighted by atomic mass is 10.2. The zero-order chi connectivity index (χ0) is 12.4. The minimum atomic E-state index is -1.19. The van der Waals surface area contributed by atoms with Crippen molar-refractivity contribution in [3.05, 3.63) is 65.2 Å². The van der Waals surface area contributed by atoms with Crippen molar-refractivity contribution in [1.29, 1.82) is 0 Å². The van der Waals surface area contributed by atoms with Gasteiger partial charge in [0.15, 0.2) is 0 Å². The molecule has 5 nitrogen and oxygen atoms in total. The van der Waals surface area contributed by atoms with Crippen LogP contribution >= 0.6 is 0 Å². The SMILES string of the molecule is C=CC(=O)O[N+](=O)[O-].C=Cc1ccccc1. The molecule has 1 rings (SSSR count). The van der Waals surface area contributed by atoms with Crippen LogP contribution in [0.4, 0.5) is 0 Å². The van der Waals surface area contributed by atoms with Crippen molar-refractivity contribution in [2.75, 3.05) is 0 Å². The predicted molar refractivity (Wildman–Crippen MR) is 59.8 cm³/mol. The smallest absolute Gasteiger partial charge is 0.263 e. The molecule has 1 aromatic rings. The van der Waals surface area contributed by atoms with E-state index in [1.165, 1.54) is 5.56 Å². The van der Waals surface area contributed by atoms with E-state index in [1.54, 1.807) is 0 Å². The molecule has 0 fully saturated rings. The van der Waals surface area contributed by atoms with E-state index < -0.39 is 11.1 Å². The second-order valence-electron chi connectivity index (χ2n) is 2.45. The largest absolute Gasteiger partial charge is 0.326 e. The van der Waals surface area contributed by atoms with E-state index in [4.69, 9.17) is 0 Å². The first-order chi connectivity index (χ1) is 7.60. The summed E-state index contributed by atoms with van der Waals surface area (Å²) in [6.45, 7) is 6.57. The Morgan fingerprint density at radius 2 is 1.88 bits per heavy atom. The fourth-order valence-corrected chi connectivity index (χ4v) is 0.700. The van der Waals surface area contributed by atoms with Crippen LogP contribution in [0, 0.1) is 10.1 Å². The number of hydrogen-bond acceptors (Lipinski definition) is 4. The molecule has 0 saturated carbocycles. The normalized spacial score (nSPS) is 8.00. The Morgan fingerprint density at radius 1 is 1.31 bits per heavy atom. The van der Waals surface area contributed by atoms with Crippen LogP contribution in [0.25, 0.3) is 6.08 Å². The van der Waals surface area contributed by atoms with Crippen molar-refractivity contribution in [2.45, 2.75) is 0 Å². The van der Waals surface area contributed by atoms with Crippen LogP contribution in [0.15, 0.2) is 49.6 Å². The number of rotatable bonds is 3. The van der Waals surface area contributed by atoms with Gasteiger partial charge in [0.25, 0.3) is 0 Å². The molecular weight excluding hydrogens is 210 g/mol. The van der Waals surface area contributed by atoms with Gasteiger partial charge in [0.05, 0.1) is 0 Å². The van der Waals surface area contributed by atoms with Crippen LogP contribution in [0.3, 0.4) is 0 Å². The Morgan fingerprint density at radius 3 is 2.12 bits per heavy atom. The summed E-state index contributed by atoms with van der Waals surface area (Å²) in [6, 6.07) is 10.0. The molecule has 1 aromatic carbocycles. The molecule has 0 amide bonds. The molecule has 0 aliphatic heterocycles. The molecule has 0 heterocycles. The lowest BCUT2D eigenvalue weighted by molar-refractivity contribution is -0.728. The average Bonchev–Trinajstić information content (AvgIpc) is 2.30. The molecule has 0 aliphatic rings. The van der Waals surface area contributed by atoms with E-state index in [0.29, 0.717) is 6.08 Å². The fraction of sp³-hybridized carbons (Fsp3) is 0. The summed E-state index contributed by atoms with van der Waals surface area (Å²) >= 11 is 0. The van der Waals surface area contributed by atoms with E-state index in [0.717, 1.165) is 0 Å². The third kappa shape index (κ3) is 7.02. The van der Waals surface area contributed by atoms with Crippen molar-refractivity contribution >= 4 is 12.0 Å². The Labute approximate surface area is 92.8 Å². The van der Waals surface area contributed by atoms with E-state index >= 15 is 0 Å². The van der Waals surface area contributed by atoms with Crippen LogP contribution in [0.5, 0.6) is 0 Å². The van der Waals surface area contributed by atoms with Crippen molar-refractivity contribution in [3.8, 4) is 0 Å². The lowest BCUT2D eigenvalue weighted by Crippen LogP contribution is -2.06. The van der Waals surface area contributed by atoms with Gasteiger partial charge in [0, 0.05) is 6.08 Å². The lowest BCUT2D eigenvalue weighted by Gasteiger charge is -1.85. The zero-order valence-corrected chi connectivity index (χ0v) is 8.54. The third-order valence-electron chi connectivity index (χ3n) is 1.37. The molecule has 0 unspecified atom stereocenters. The van der Waals surface area contributed by atoms with Crippen molar-refractivity contribution < 1.29 is 14.7 Å². The average molecular weight is 221 g/mol. The van der Waals surface area contributed by atoms with Gasteiger partial charge < -0.3 is 0 Å². The minimum Gasteiger partial charge on any atom is -0.263 e. The number of benzene rings is 1. The number of carbonyl (C=O) groups is 1. The molecule has 0 atom stereocenters. The van der Waals surface area contributed by atoms with Gasteiger partial charge in [-0.15, -0.1) is 10.1 Å². The Bertz CT molecular complexity index is 373. The van der Waals surface area contributed by atoms with Gasteiger partial charge in [-0.3, -0.25) is 4.79 Å². The maximum Gasteiger partial charge on any atom is 0.326 e. The van der Waals surface area contributed by atoms with Crippen molar-refractivity contribution in [3.63, 3.8) is 0 Å². The second kappa shape index (κ2) is 7.93. The predicted octanol–water partition coefficient (Wildman–Crippen LogP) is 2.24. The van der Waals surface area contributed by atoms with Crippen LogP contribution in [-0.2, 0) is 9.63 Å². The topological polar surface area (TPSA) is 69.4 Å². The van der Waals surface area contributed by atoms with Crippen molar-refractivity contribution in [1.82, 2.24) is 0 Å². The first-order valence-electron chi connectivity index (χ1n) is 4.26. The molecule has 0 bridgehead atoms. The van der Waals surface area contributed by atoms with E-state index in [2.05, 4.69) is 18.0 Å². The van der Waals surface area contributed by atoms with Gasteiger partial charge in [0.2, 0.25) is 0 Å². The maximum absolute atomic E-state index is 9.84. The Kier molecular flexibility index (Phi) is 6.72. The molecule has 0 saturated heterocycles. The molecule has 0 aromatic heterocycles. The first kappa shape index (κ1) is 13.6. The zero-order valence-electron chi connectivity index (χ0n) is 8.54.